The Hall–Kier alpha value is -1.77. The first-order valence-electron chi connectivity index (χ1n) is 11.0. The highest BCUT2D eigenvalue weighted by molar-refractivity contribution is 5.89. The third-order valence-corrected chi connectivity index (χ3v) is 6.82. The molecule has 2 aliphatic rings. The van der Waals surface area contributed by atoms with E-state index in [9.17, 15) is 4.79 Å². The van der Waals surface area contributed by atoms with Crippen molar-refractivity contribution >= 4 is 16.8 Å². The zero-order valence-electron chi connectivity index (χ0n) is 17.1. The number of likely N-dealkylation sites (tertiary alicyclic amines) is 1. The minimum absolute atomic E-state index is 0.255. The number of hydrogen-bond acceptors (Lipinski definition) is 1. The molecule has 1 aliphatic carbocycles. The fourth-order valence-electron chi connectivity index (χ4n) is 5.15. The SMILES string of the molecule is CCCC1C(C)CCCN1C(=O)CC(C)c1c[nH]c2cccc(C3CC3)c12. The van der Waals surface area contributed by atoms with Gasteiger partial charge in [0.1, 0.15) is 0 Å². The number of amides is 1. The summed E-state index contributed by atoms with van der Waals surface area (Å²) >= 11 is 0. The molecule has 1 aromatic carbocycles. The number of aromatic amines is 1. The first-order valence-corrected chi connectivity index (χ1v) is 11.0. The van der Waals surface area contributed by atoms with Crippen LogP contribution >= 0.6 is 0 Å². The second-order valence-electron chi connectivity index (χ2n) is 8.96. The van der Waals surface area contributed by atoms with E-state index in [1.165, 1.54) is 41.3 Å². The average Bonchev–Trinajstić information content (AvgIpc) is 3.41. The topological polar surface area (TPSA) is 36.1 Å². The molecule has 4 rings (SSSR count). The Morgan fingerprint density at radius 2 is 2.11 bits per heavy atom. The molecule has 1 amide bonds. The van der Waals surface area contributed by atoms with Crippen molar-refractivity contribution in [2.24, 2.45) is 5.92 Å². The number of carbonyl (C=O) groups excluding carboxylic acids is 1. The lowest BCUT2D eigenvalue weighted by atomic mass is 9.86. The van der Waals surface area contributed by atoms with Gasteiger partial charge >= 0.3 is 0 Å². The minimum Gasteiger partial charge on any atom is -0.361 e. The average molecular weight is 367 g/mol. The van der Waals surface area contributed by atoms with Gasteiger partial charge in [-0.1, -0.05) is 39.3 Å². The van der Waals surface area contributed by atoms with Crippen molar-refractivity contribution in [2.45, 2.75) is 83.6 Å². The molecule has 3 nitrogen and oxygen atoms in total. The van der Waals surface area contributed by atoms with Gasteiger partial charge in [-0.2, -0.15) is 0 Å². The lowest BCUT2D eigenvalue weighted by molar-refractivity contribution is -0.136. The third-order valence-electron chi connectivity index (χ3n) is 6.82. The highest BCUT2D eigenvalue weighted by Crippen LogP contribution is 2.45. The normalized spacial score (nSPS) is 24.3. The first-order chi connectivity index (χ1) is 13.1. The van der Waals surface area contributed by atoms with Crippen molar-refractivity contribution in [3.05, 3.63) is 35.5 Å². The molecule has 0 radical (unpaired) electrons. The molecule has 0 spiro atoms. The van der Waals surface area contributed by atoms with Crippen molar-refractivity contribution in [3.8, 4) is 0 Å². The van der Waals surface area contributed by atoms with Crippen LogP contribution in [0.5, 0.6) is 0 Å². The zero-order valence-corrected chi connectivity index (χ0v) is 17.1. The summed E-state index contributed by atoms with van der Waals surface area (Å²) in [4.78, 5) is 18.9. The fraction of sp³-hybridized carbons (Fsp3) is 0.625. The number of hydrogen-bond donors (Lipinski definition) is 1. The van der Waals surface area contributed by atoms with Gasteiger partial charge in [-0.3, -0.25) is 4.79 Å². The smallest absolute Gasteiger partial charge is 0.223 e. The molecular weight excluding hydrogens is 332 g/mol. The quantitative estimate of drug-likeness (QED) is 0.672. The van der Waals surface area contributed by atoms with E-state index in [-0.39, 0.29) is 5.92 Å². The van der Waals surface area contributed by atoms with Gasteiger partial charge in [0, 0.05) is 36.1 Å². The molecule has 27 heavy (non-hydrogen) atoms. The van der Waals surface area contributed by atoms with Gasteiger partial charge in [0.2, 0.25) is 5.91 Å². The Labute approximate surface area is 163 Å². The predicted molar refractivity (Wildman–Crippen MR) is 112 cm³/mol. The van der Waals surface area contributed by atoms with Crippen LogP contribution in [-0.2, 0) is 4.79 Å². The number of fused-ring (bicyclic) bond motifs is 1. The maximum Gasteiger partial charge on any atom is 0.223 e. The highest BCUT2D eigenvalue weighted by atomic mass is 16.2. The molecule has 1 aromatic heterocycles. The Bertz CT molecular complexity index is 804. The van der Waals surface area contributed by atoms with Crippen LogP contribution in [0.4, 0.5) is 0 Å². The zero-order chi connectivity index (χ0) is 19.0. The van der Waals surface area contributed by atoms with Gasteiger partial charge in [0.25, 0.3) is 0 Å². The van der Waals surface area contributed by atoms with Crippen LogP contribution in [0.15, 0.2) is 24.4 Å². The summed E-state index contributed by atoms with van der Waals surface area (Å²) in [6.45, 7) is 7.73. The van der Waals surface area contributed by atoms with Crippen molar-refractivity contribution in [1.82, 2.24) is 9.88 Å². The molecule has 2 fully saturated rings. The molecular formula is C24H34N2O. The summed E-state index contributed by atoms with van der Waals surface area (Å²) < 4.78 is 0. The Balaban J connectivity index is 1.54. The van der Waals surface area contributed by atoms with Crippen LogP contribution in [0.3, 0.4) is 0 Å². The fourth-order valence-corrected chi connectivity index (χ4v) is 5.15. The molecule has 1 aliphatic heterocycles. The number of H-pyrrole nitrogens is 1. The summed E-state index contributed by atoms with van der Waals surface area (Å²) in [6, 6.07) is 7.06. The monoisotopic (exact) mass is 366 g/mol. The summed E-state index contributed by atoms with van der Waals surface area (Å²) in [5.41, 5.74) is 4.04. The lowest BCUT2D eigenvalue weighted by Crippen LogP contribution is -2.47. The van der Waals surface area contributed by atoms with Crippen LogP contribution < -0.4 is 0 Å². The van der Waals surface area contributed by atoms with Gasteiger partial charge in [-0.05, 0) is 67.1 Å². The van der Waals surface area contributed by atoms with Crippen LogP contribution in [0.1, 0.15) is 88.7 Å². The van der Waals surface area contributed by atoms with Crippen molar-refractivity contribution in [1.29, 1.82) is 0 Å². The molecule has 1 N–H and O–H groups in total. The molecule has 1 saturated carbocycles. The van der Waals surface area contributed by atoms with Gasteiger partial charge in [-0.25, -0.2) is 0 Å². The molecule has 2 heterocycles. The number of benzene rings is 1. The van der Waals surface area contributed by atoms with Crippen molar-refractivity contribution < 1.29 is 4.79 Å². The summed E-state index contributed by atoms with van der Waals surface area (Å²) in [5.74, 6) is 1.96. The molecule has 2 aromatic rings. The van der Waals surface area contributed by atoms with E-state index in [0.717, 1.165) is 31.7 Å². The van der Waals surface area contributed by atoms with Crippen LogP contribution in [0.25, 0.3) is 10.9 Å². The largest absolute Gasteiger partial charge is 0.361 e. The second kappa shape index (κ2) is 7.69. The standard InChI is InChI=1S/C24H34N2O/c1-4-7-22-16(2)8-6-13-26(22)23(27)14-17(3)20-15-25-21-10-5-9-19(24(20)21)18-11-12-18/h5,9-10,15-18,22,25H,4,6-8,11-14H2,1-3H3. The minimum atomic E-state index is 0.255. The molecule has 3 unspecified atom stereocenters. The van der Waals surface area contributed by atoms with Crippen LogP contribution in [-0.4, -0.2) is 28.4 Å². The summed E-state index contributed by atoms with van der Waals surface area (Å²) in [6.07, 6.45) is 10.1. The number of rotatable bonds is 6. The van der Waals surface area contributed by atoms with Gasteiger partial charge in [-0.15, -0.1) is 0 Å². The number of nitrogens with zero attached hydrogens (tertiary/aromatic N) is 1. The molecule has 3 heteroatoms. The van der Waals surface area contributed by atoms with Crippen LogP contribution in [0.2, 0.25) is 0 Å². The molecule has 3 atom stereocenters. The van der Waals surface area contributed by atoms with Gasteiger partial charge < -0.3 is 9.88 Å². The second-order valence-corrected chi connectivity index (χ2v) is 8.96. The predicted octanol–water partition coefficient (Wildman–Crippen LogP) is 5.97. The first kappa shape index (κ1) is 18.6. The van der Waals surface area contributed by atoms with E-state index >= 15 is 0 Å². The van der Waals surface area contributed by atoms with Gasteiger partial charge in [0.05, 0.1) is 0 Å². The number of nitrogens with one attached hydrogen (secondary N) is 1. The number of aromatic nitrogens is 1. The summed E-state index contributed by atoms with van der Waals surface area (Å²) in [5, 5.41) is 1.39. The molecule has 146 valence electrons. The van der Waals surface area contributed by atoms with Crippen molar-refractivity contribution in [2.75, 3.05) is 6.54 Å². The van der Waals surface area contributed by atoms with E-state index in [0.29, 0.717) is 24.3 Å². The third kappa shape index (κ3) is 3.66. The van der Waals surface area contributed by atoms with Gasteiger partial charge in [0.15, 0.2) is 0 Å². The van der Waals surface area contributed by atoms with E-state index in [2.05, 4.69) is 55.1 Å². The Kier molecular flexibility index (Phi) is 5.29. The Morgan fingerprint density at radius 1 is 1.30 bits per heavy atom. The van der Waals surface area contributed by atoms with Crippen LogP contribution in [0, 0.1) is 5.92 Å². The highest BCUT2D eigenvalue weighted by Gasteiger charge is 2.32. The number of carbonyl (C=O) groups is 1. The van der Waals surface area contributed by atoms with E-state index in [1.54, 1.807) is 0 Å². The lowest BCUT2D eigenvalue weighted by Gasteiger charge is -2.40. The van der Waals surface area contributed by atoms with Crippen molar-refractivity contribution in [3.63, 3.8) is 0 Å². The molecule has 1 saturated heterocycles. The summed E-state index contributed by atoms with van der Waals surface area (Å²) in [7, 11) is 0. The molecule has 0 bridgehead atoms. The van der Waals surface area contributed by atoms with E-state index in [1.807, 2.05) is 0 Å². The maximum absolute atomic E-state index is 13.2. The number of piperidine rings is 1. The Morgan fingerprint density at radius 3 is 2.85 bits per heavy atom. The van der Waals surface area contributed by atoms with E-state index in [4.69, 9.17) is 0 Å². The van der Waals surface area contributed by atoms with E-state index < -0.39 is 0 Å². The maximum atomic E-state index is 13.2.